The van der Waals surface area contributed by atoms with Gasteiger partial charge in [-0.1, -0.05) is 41.5 Å². The number of aryl methyl sites for hydroxylation is 3. The normalized spacial score (nSPS) is 14.1. The van der Waals surface area contributed by atoms with Crippen LogP contribution in [0.15, 0.2) is 29.5 Å². The number of rotatable bonds is 5. The van der Waals surface area contributed by atoms with Crippen molar-refractivity contribution in [1.82, 2.24) is 19.8 Å². The number of amides is 1. The highest BCUT2D eigenvalue weighted by Gasteiger charge is 2.30. The Balaban J connectivity index is 0.000000371. The number of nitrogens with zero attached hydrogens (tertiary/aromatic N) is 3. The fourth-order valence-electron chi connectivity index (χ4n) is 5.85. The molecule has 10 heteroatoms. The number of carbonyl (C=O) groups is 1. The number of fused-ring (bicyclic) bond motifs is 4. The average molecular weight is 626 g/mol. The standard InChI is InChI=1S/C23H21FN2O3.C6H13N3O.3C2H6/c1-11-7-20-22-16(9-26(20)23(28)17(11)10-29-13(3)27)15-6-4-5-14-12(2)18(24)8-19(25-22)21(14)15;7-6(10)5-9-3-1-8-2-4-9;3*1-2/h7-8,27H,3-6,9-10H2,1-2H3;8H,1-5H2,(H2,7,10);3*1-2H3. The molecule has 2 aliphatic heterocycles. The molecule has 0 spiro atoms. The molecule has 1 aromatic carbocycles. The number of primary amides is 1. The number of hydrogen-bond acceptors (Lipinski definition) is 7. The van der Waals surface area contributed by atoms with Gasteiger partial charge in [-0.25, -0.2) is 9.37 Å². The molecule has 4 N–H and O–H groups in total. The lowest BCUT2D eigenvalue weighted by Gasteiger charge is -2.25. The minimum absolute atomic E-state index is 0.0343. The smallest absolute Gasteiger partial charge is 0.269 e. The van der Waals surface area contributed by atoms with Gasteiger partial charge < -0.3 is 25.5 Å². The molecule has 6 rings (SSSR count). The Hall–Kier alpha value is -3.76. The summed E-state index contributed by atoms with van der Waals surface area (Å²) in [5.74, 6) is -0.877. The molecule has 1 fully saturated rings. The van der Waals surface area contributed by atoms with Gasteiger partial charge in [0.1, 0.15) is 12.4 Å². The van der Waals surface area contributed by atoms with Crippen LogP contribution in [0, 0.1) is 19.7 Å². The van der Waals surface area contributed by atoms with Crippen molar-refractivity contribution in [3.05, 3.63) is 74.2 Å². The van der Waals surface area contributed by atoms with E-state index >= 15 is 0 Å². The van der Waals surface area contributed by atoms with E-state index in [2.05, 4.69) is 16.8 Å². The predicted molar refractivity (Wildman–Crippen MR) is 181 cm³/mol. The molecule has 45 heavy (non-hydrogen) atoms. The van der Waals surface area contributed by atoms with Gasteiger partial charge in [0.15, 0.2) is 0 Å². The minimum Gasteiger partial charge on any atom is -0.481 e. The number of nitrogens with one attached hydrogen (secondary N) is 1. The second-order valence-corrected chi connectivity index (χ2v) is 10.4. The maximum absolute atomic E-state index is 14.5. The Morgan fingerprint density at radius 1 is 1.07 bits per heavy atom. The molecule has 2 aromatic heterocycles. The van der Waals surface area contributed by atoms with Crippen molar-refractivity contribution in [2.75, 3.05) is 32.7 Å². The third kappa shape index (κ3) is 8.49. The van der Waals surface area contributed by atoms with Gasteiger partial charge in [-0.05, 0) is 68.0 Å². The Morgan fingerprint density at radius 3 is 2.29 bits per heavy atom. The van der Waals surface area contributed by atoms with Gasteiger partial charge in [-0.15, -0.1) is 0 Å². The number of aliphatic hydroxyl groups excluding tert-OH is 1. The Morgan fingerprint density at radius 2 is 1.69 bits per heavy atom. The van der Waals surface area contributed by atoms with Crippen LogP contribution in [0.3, 0.4) is 0 Å². The van der Waals surface area contributed by atoms with Crippen LogP contribution in [-0.4, -0.2) is 58.2 Å². The zero-order chi connectivity index (χ0) is 33.8. The number of ether oxygens (including phenoxy) is 1. The van der Waals surface area contributed by atoms with E-state index in [1.54, 1.807) is 4.57 Å². The van der Waals surface area contributed by atoms with E-state index in [1.807, 2.05) is 61.5 Å². The van der Waals surface area contributed by atoms with Gasteiger partial charge in [-0.2, -0.15) is 0 Å². The second kappa shape index (κ2) is 17.7. The van der Waals surface area contributed by atoms with Crippen molar-refractivity contribution in [1.29, 1.82) is 0 Å². The number of hydrogen-bond donors (Lipinski definition) is 3. The third-order valence-electron chi connectivity index (χ3n) is 7.82. The summed E-state index contributed by atoms with van der Waals surface area (Å²) >= 11 is 0. The highest BCUT2D eigenvalue weighted by Crippen LogP contribution is 2.41. The van der Waals surface area contributed by atoms with E-state index in [9.17, 15) is 19.1 Å². The Bertz CT molecular complexity index is 1540. The first-order valence-electron chi connectivity index (χ1n) is 16.2. The summed E-state index contributed by atoms with van der Waals surface area (Å²) in [6.07, 6.45) is 2.72. The molecule has 9 nitrogen and oxygen atoms in total. The summed E-state index contributed by atoms with van der Waals surface area (Å²) in [7, 11) is 0. The molecular formula is C35H52FN5O4. The van der Waals surface area contributed by atoms with Gasteiger partial charge in [0.25, 0.3) is 11.5 Å². The summed E-state index contributed by atoms with van der Waals surface area (Å²) in [5, 5.41) is 13.5. The maximum Gasteiger partial charge on any atom is 0.269 e. The van der Waals surface area contributed by atoms with Gasteiger partial charge >= 0.3 is 0 Å². The number of nitrogens with two attached hydrogens (primary N) is 1. The van der Waals surface area contributed by atoms with E-state index in [0.29, 0.717) is 29.7 Å². The lowest BCUT2D eigenvalue weighted by atomic mass is 9.85. The SMILES string of the molecule is C=C(O)OCc1c(C)cc2n(c1=O)Cc1c-2nc2cc(F)c(C)c3c2c1CCC3.CC.CC.CC.NC(=O)CN1CCNCC1. The lowest BCUT2D eigenvalue weighted by molar-refractivity contribution is -0.119. The summed E-state index contributed by atoms with van der Waals surface area (Å²) in [5.41, 5.74) is 12.3. The van der Waals surface area contributed by atoms with Crippen LogP contribution >= 0.6 is 0 Å². The molecule has 4 heterocycles. The third-order valence-corrected chi connectivity index (χ3v) is 7.82. The van der Waals surface area contributed by atoms with Crippen molar-refractivity contribution in [2.45, 2.75) is 87.8 Å². The topological polar surface area (TPSA) is 123 Å². The lowest BCUT2D eigenvalue weighted by Crippen LogP contribution is -2.46. The van der Waals surface area contributed by atoms with E-state index in [-0.39, 0.29) is 23.9 Å². The van der Waals surface area contributed by atoms with Crippen molar-refractivity contribution in [2.24, 2.45) is 5.73 Å². The van der Waals surface area contributed by atoms with Crippen molar-refractivity contribution in [3.63, 3.8) is 0 Å². The van der Waals surface area contributed by atoms with Crippen LogP contribution in [0.5, 0.6) is 0 Å². The summed E-state index contributed by atoms with van der Waals surface area (Å²) in [6, 6.07) is 3.44. The van der Waals surface area contributed by atoms with E-state index in [1.165, 1.54) is 11.6 Å². The van der Waals surface area contributed by atoms with Crippen LogP contribution in [0.1, 0.15) is 81.3 Å². The quantitative estimate of drug-likeness (QED) is 0.244. The van der Waals surface area contributed by atoms with Crippen LogP contribution in [0.25, 0.3) is 22.3 Å². The first-order chi connectivity index (χ1) is 21.7. The van der Waals surface area contributed by atoms with Gasteiger partial charge in [0, 0.05) is 43.2 Å². The average Bonchev–Trinajstić information content (AvgIpc) is 3.41. The molecule has 1 amide bonds. The number of pyridine rings is 2. The number of aliphatic hydroxyl groups is 1. The van der Waals surface area contributed by atoms with Crippen LogP contribution in [0.2, 0.25) is 0 Å². The fourth-order valence-corrected chi connectivity index (χ4v) is 5.85. The number of piperazine rings is 1. The summed E-state index contributed by atoms with van der Waals surface area (Å²) < 4.78 is 21.3. The Labute approximate surface area is 267 Å². The van der Waals surface area contributed by atoms with Gasteiger partial charge in [-0.3, -0.25) is 14.5 Å². The summed E-state index contributed by atoms with van der Waals surface area (Å²) in [6.45, 7) is 23.6. The van der Waals surface area contributed by atoms with Gasteiger partial charge in [0.2, 0.25) is 5.91 Å². The monoisotopic (exact) mass is 625 g/mol. The van der Waals surface area contributed by atoms with E-state index in [4.69, 9.17) is 15.5 Å². The van der Waals surface area contributed by atoms with Crippen LogP contribution in [-0.2, 0) is 35.5 Å². The fraction of sp³-hybridized carbons (Fsp3) is 0.514. The maximum atomic E-state index is 14.5. The van der Waals surface area contributed by atoms with Crippen molar-refractivity contribution in [3.8, 4) is 11.4 Å². The van der Waals surface area contributed by atoms with E-state index in [0.717, 1.165) is 78.9 Å². The molecule has 0 atom stereocenters. The number of carbonyl (C=O) groups excluding carboxylic acids is 1. The highest BCUT2D eigenvalue weighted by atomic mass is 19.1. The molecule has 0 unspecified atom stereocenters. The van der Waals surface area contributed by atoms with Gasteiger partial charge in [0.05, 0.1) is 35.6 Å². The molecular weight excluding hydrogens is 573 g/mol. The molecule has 0 radical (unpaired) electrons. The molecule has 3 aromatic rings. The number of halogens is 1. The first-order valence-corrected chi connectivity index (χ1v) is 16.2. The zero-order valence-corrected chi connectivity index (χ0v) is 28.4. The van der Waals surface area contributed by atoms with Crippen LogP contribution in [0.4, 0.5) is 4.39 Å². The van der Waals surface area contributed by atoms with Crippen molar-refractivity contribution >= 4 is 16.8 Å². The van der Waals surface area contributed by atoms with Crippen molar-refractivity contribution < 1.29 is 19.0 Å². The highest BCUT2D eigenvalue weighted by molar-refractivity contribution is 5.92. The molecule has 0 saturated carbocycles. The molecule has 1 saturated heterocycles. The molecule has 1 aliphatic carbocycles. The molecule has 248 valence electrons. The van der Waals surface area contributed by atoms with E-state index < -0.39 is 5.95 Å². The molecule has 3 aliphatic rings. The largest absolute Gasteiger partial charge is 0.481 e. The zero-order valence-electron chi connectivity index (χ0n) is 28.4. The molecule has 0 bridgehead atoms. The Kier molecular flexibility index (Phi) is 14.7. The second-order valence-electron chi connectivity index (χ2n) is 10.4. The number of aromatic nitrogens is 2. The minimum atomic E-state index is -0.417. The summed E-state index contributed by atoms with van der Waals surface area (Å²) in [4.78, 5) is 30.4. The predicted octanol–water partition coefficient (Wildman–Crippen LogP) is 5.67. The van der Waals surface area contributed by atoms with Crippen LogP contribution < -0.4 is 16.6 Å². The number of benzene rings is 1. The first kappa shape index (κ1) is 37.4.